The first-order valence-corrected chi connectivity index (χ1v) is 10.5. The molecule has 9 heteroatoms. The molecule has 3 heterocycles. The number of carbonyl (C=O) groups is 1. The van der Waals surface area contributed by atoms with Crippen LogP contribution in [-0.2, 0) is 11.3 Å². The topological polar surface area (TPSA) is 63.4 Å². The van der Waals surface area contributed by atoms with E-state index in [0.29, 0.717) is 17.0 Å². The maximum absolute atomic E-state index is 13.7. The molecule has 158 valence electrons. The molecule has 0 spiro atoms. The van der Waals surface area contributed by atoms with Gasteiger partial charge in [0.1, 0.15) is 17.2 Å². The van der Waals surface area contributed by atoms with E-state index in [1.54, 1.807) is 18.6 Å². The molecule has 2 bridgehead atoms. The number of rotatable bonds is 4. The zero-order chi connectivity index (χ0) is 21.4. The molecule has 1 amide bonds. The first kappa shape index (κ1) is 18.9. The van der Waals surface area contributed by atoms with Crippen LogP contribution in [0.15, 0.2) is 41.9 Å². The van der Waals surface area contributed by atoms with Gasteiger partial charge in [-0.2, -0.15) is 10.2 Å². The number of pyridine rings is 1. The predicted molar refractivity (Wildman–Crippen MR) is 110 cm³/mol. The van der Waals surface area contributed by atoms with Gasteiger partial charge in [-0.25, -0.2) is 13.8 Å². The van der Waals surface area contributed by atoms with E-state index >= 15 is 0 Å². The lowest BCUT2D eigenvalue weighted by molar-refractivity contribution is -0.223. The Kier molecular flexibility index (Phi) is 3.85. The van der Waals surface area contributed by atoms with Gasteiger partial charge in [-0.1, -0.05) is 11.6 Å². The average molecular weight is 442 g/mol. The van der Waals surface area contributed by atoms with Crippen molar-refractivity contribution in [1.82, 2.24) is 19.8 Å². The van der Waals surface area contributed by atoms with Gasteiger partial charge >= 0.3 is 0 Å². The van der Waals surface area contributed by atoms with Crippen molar-refractivity contribution < 1.29 is 13.6 Å². The maximum Gasteiger partial charge on any atom is 0.249 e. The zero-order valence-electron chi connectivity index (χ0n) is 16.4. The van der Waals surface area contributed by atoms with Crippen LogP contribution in [0.1, 0.15) is 37.3 Å². The van der Waals surface area contributed by atoms with Crippen LogP contribution in [-0.4, -0.2) is 31.9 Å². The monoisotopic (exact) mass is 441 g/mol. The van der Waals surface area contributed by atoms with E-state index < -0.39 is 23.1 Å². The first-order chi connectivity index (χ1) is 14.9. The van der Waals surface area contributed by atoms with E-state index in [4.69, 9.17) is 11.6 Å². The summed E-state index contributed by atoms with van der Waals surface area (Å²) in [6, 6.07) is 2.91. The van der Waals surface area contributed by atoms with Gasteiger partial charge in [-0.05, 0) is 42.4 Å². The molecule has 1 aromatic carbocycles. The Balaban J connectivity index is 1.17. The van der Waals surface area contributed by atoms with E-state index in [1.807, 2.05) is 10.9 Å². The van der Waals surface area contributed by atoms with Crippen molar-refractivity contribution in [2.45, 2.75) is 38.3 Å². The summed E-state index contributed by atoms with van der Waals surface area (Å²) in [5, 5.41) is 11.6. The van der Waals surface area contributed by atoms with Gasteiger partial charge in [0.25, 0.3) is 0 Å². The molecular formula is C22H18ClF2N5O. The molecule has 0 radical (unpaired) electrons. The summed E-state index contributed by atoms with van der Waals surface area (Å²) in [4.78, 5) is 17.4. The summed E-state index contributed by atoms with van der Waals surface area (Å²) in [7, 11) is 0. The van der Waals surface area contributed by atoms with Gasteiger partial charge in [0, 0.05) is 49.2 Å². The van der Waals surface area contributed by atoms with Gasteiger partial charge in [-0.3, -0.25) is 14.5 Å². The van der Waals surface area contributed by atoms with Gasteiger partial charge in [0.15, 0.2) is 0 Å². The summed E-state index contributed by atoms with van der Waals surface area (Å²) < 4.78 is 29.3. The zero-order valence-corrected chi connectivity index (χ0v) is 17.2. The lowest BCUT2D eigenvalue weighted by Gasteiger charge is -2.69. The van der Waals surface area contributed by atoms with Crippen LogP contribution in [0.3, 0.4) is 0 Å². The molecule has 7 rings (SSSR count). The standard InChI is InChI=1S/C22H18ClF2N5O/c23-17-7-26-6-14-8-29(28-19(14)17)12-21-9-22(10-21,11-21)20(31)30-18(1-2-27-30)13-3-15(24)5-16(25)4-13/h2-8,18H,1,9-12H2. The molecule has 31 heavy (non-hydrogen) atoms. The Morgan fingerprint density at radius 1 is 1.16 bits per heavy atom. The quantitative estimate of drug-likeness (QED) is 0.599. The third-order valence-corrected chi connectivity index (χ3v) is 7.09. The highest BCUT2D eigenvalue weighted by Gasteiger charge is 2.72. The lowest BCUT2D eigenvalue weighted by atomic mass is 9.34. The number of nitrogens with zero attached hydrogens (tertiary/aromatic N) is 5. The molecule has 0 N–H and O–H groups in total. The van der Waals surface area contributed by atoms with Crippen LogP contribution in [0.4, 0.5) is 8.78 Å². The van der Waals surface area contributed by atoms with Crippen LogP contribution < -0.4 is 0 Å². The Labute approximate surface area is 181 Å². The summed E-state index contributed by atoms with van der Waals surface area (Å²) in [5.41, 5.74) is 0.767. The van der Waals surface area contributed by atoms with Crippen molar-refractivity contribution >= 4 is 34.6 Å². The van der Waals surface area contributed by atoms with Gasteiger partial charge < -0.3 is 0 Å². The Hall–Kier alpha value is -2.87. The molecule has 1 unspecified atom stereocenters. The molecule has 2 aromatic heterocycles. The average Bonchev–Trinajstić information content (AvgIpc) is 3.29. The third kappa shape index (κ3) is 2.81. The van der Waals surface area contributed by atoms with Crippen LogP contribution in [0, 0.1) is 22.5 Å². The molecular weight excluding hydrogens is 424 g/mol. The Morgan fingerprint density at radius 2 is 1.90 bits per heavy atom. The molecule has 6 nitrogen and oxygen atoms in total. The minimum absolute atomic E-state index is 0.0432. The van der Waals surface area contributed by atoms with Crippen molar-refractivity contribution in [3.05, 3.63) is 59.0 Å². The number of carbonyl (C=O) groups excluding carboxylic acids is 1. The lowest BCUT2D eigenvalue weighted by Crippen LogP contribution is -2.68. The number of amides is 1. The van der Waals surface area contributed by atoms with Crippen LogP contribution >= 0.6 is 11.6 Å². The minimum Gasteiger partial charge on any atom is -0.272 e. The summed E-state index contributed by atoms with van der Waals surface area (Å²) >= 11 is 6.17. The summed E-state index contributed by atoms with van der Waals surface area (Å²) in [6.07, 6.45) is 9.62. The number of halogens is 3. The summed E-state index contributed by atoms with van der Waals surface area (Å²) in [5.74, 6) is -1.36. The highest BCUT2D eigenvalue weighted by molar-refractivity contribution is 6.34. The third-order valence-electron chi connectivity index (χ3n) is 6.82. The first-order valence-electron chi connectivity index (χ1n) is 10.2. The van der Waals surface area contributed by atoms with Gasteiger partial charge in [-0.15, -0.1) is 0 Å². The second-order valence-corrected chi connectivity index (χ2v) is 9.51. The molecule has 3 fully saturated rings. The van der Waals surface area contributed by atoms with E-state index in [2.05, 4.69) is 15.2 Å². The Morgan fingerprint density at radius 3 is 2.61 bits per heavy atom. The predicted octanol–water partition coefficient (Wildman–Crippen LogP) is 4.49. The van der Waals surface area contributed by atoms with Crippen LogP contribution in [0.2, 0.25) is 5.02 Å². The largest absolute Gasteiger partial charge is 0.272 e. The van der Waals surface area contributed by atoms with E-state index in [1.165, 1.54) is 17.1 Å². The van der Waals surface area contributed by atoms with Crippen molar-refractivity contribution in [1.29, 1.82) is 0 Å². The number of benzene rings is 1. The van der Waals surface area contributed by atoms with Crippen molar-refractivity contribution in [3.8, 4) is 0 Å². The minimum atomic E-state index is -0.652. The maximum atomic E-state index is 13.7. The molecule has 0 saturated heterocycles. The second-order valence-electron chi connectivity index (χ2n) is 9.10. The van der Waals surface area contributed by atoms with E-state index in [0.717, 1.165) is 42.8 Å². The van der Waals surface area contributed by atoms with Crippen molar-refractivity contribution in [2.24, 2.45) is 15.9 Å². The number of hydrogen-bond acceptors (Lipinski definition) is 4. The highest BCUT2D eigenvalue weighted by Crippen LogP contribution is 2.74. The van der Waals surface area contributed by atoms with Gasteiger partial charge in [0.05, 0.1) is 16.5 Å². The molecule has 3 saturated carbocycles. The number of hydrazone groups is 1. The van der Waals surface area contributed by atoms with Crippen LogP contribution in [0.25, 0.3) is 10.9 Å². The fourth-order valence-corrected chi connectivity index (χ4v) is 5.88. The van der Waals surface area contributed by atoms with E-state index in [-0.39, 0.29) is 11.3 Å². The Bertz CT molecular complexity index is 1230. The fourth-order valence-electron chi connectivity index (χ4n) is 5.68. The van der Waals surface area contributed by atoms with Crippen molar-refractivity contribution in [3.63, 3.8) is 0 Å². The highest BCUT2D eigenvalue weighted by atomic mass is 35.5. The molecule has 3 aromatic rings. The van der Waals surface area contributed by atoms with Crippen molar-refractivity contribution in [2.75, 3.05) is 0 Å². The SMILES string of the molecule is O=C(N1N=CCC1c1cc(F)cc(F)c1)C12CC(Cn3cc4cncc(Cl)c4n3)(C1)C2. The summed E-state index contributed by atoms with van der Waals surface area (Å²) in [6.45, 7) is 0.717. The second kappa shape index (κ2) is 6.32. The molecule has 4 aliphatic rings. The number of aromatic nitrogens is 3. The smallest absolute Gasteiger partial charge is 0.249 e. The fraction of sp³-hybridized carbons (Fsp3) is 0.364. The normalized spacial score (nSPS) is 28.6. The molecule has 1 aliphatic heterocycles. The van der Waals surface area contributed by atoms with Gasteiger partial charge in [0.2, 0.25) is 5.91 Å². The molecule has 1 atom stereocenters. The number of hydrogen-bond donors (Lipinski definition) is 0. The van der Waals surface area contributed by atoms with Crippen LogP contribution in [0.5, 0.6) is 0 Å². The van der Waals surface area contributed by atoms with E-state index in [9.17, 15) is 13.6 Å². The number of fused-ring (bicyclic) bond motifs is 1. The molecule has 3 aliphatic carbocycles.